The van der Waals surface area contributed by atoms with Crippen LogP contribution in [-0.2, 0) is 4.74 Å². The third-order valence-electron chi connectivity index (χ3n) is 4.37. The molecular formula is C19H34N4O. The van der Waals surface area contributed by atoms with E-state index in [4.69, 9.17) is 4.74 Å². The fourth-order valence-electron chi connectivity index (χ4n) is 2.04. The first-order valence-corrected chi connectivity index (χ1v) is 8.65. The maximum atomic E-state index is 5.88. The van der Waals surface area contributed by atoms with Crippen molar-refractivity contribution in [2.75, 3.05) is 40.8 Å². The number of rotatable bonds is 9. The minimum absolute atomic E-state index is 0.0752. The van der Waals surface area contributed by atoms with Gasteiger partial charge in [0.15, 0.2) is 5.96 Å². The van der Waals surface area contributed by atoms with Crippen LogP contribution < -0.4 is 10.6 Å². The normalized spacial score (nSPS) is 13.9. The molecule has 2 N–H and O–H groups in total. The van der Waals surface area contributed by atoms with E-state index in [0.717, 1.165) is 32.1 Å². The Labute approximate surface area is 147 Å². The van der Waals surface area contributed by atoms with Crippen molar-refractivity contribution in [1.82, 2.24) is 15.5 Å². The molecule has 0 aliphatic heterocycles. The molecule has 1 aromatic rings. The van der Waals surface area contributed by atoms with E-state index >= 15 is 0 Å². The lowest BCUT2D eigenvalue weighted by atomic mass is 10.0. The van der Waals surface area contributed by atoms with Gasteiger partial charge < -0.3 is 20.3 Å². The first-order chi connectivity index (χ1) is 11.4. The Bertz CT molecular complexity index is 485. The van der Waals surface area contributed by atoms with Gasteiger partial charge in [-0.2, -0.15) is 0 Å². The molecule has 0 fully saturated rings. The Morgan fingerprint density at radius 1 is 1.21 bits per heavy atom. The summed E-state index contributed by atoms with van der Waals surface area (Å²) < 4.78 is 5.88. The quantitative estimate of drug-likeness (QED) is 0.414. The van der Waals surface area contributed by atoms with E-state index in [9.17, 15) is 0 Å². The summed E-state index contributed by atoms with van der Waals surface area (Å²) in [6.45, 7) is 8.89. The van der Waals surface area contributed by atoms with Crippen molar-refractivity contribution in [1.29, 1.82) is 0 Å². The molecule has 5 heteroatoms. The SMILES string of the molecule is CN=C(NCCCOC(C)c1ccccc1)NCC(C)(C)N(C)C. The monoisotopic (exact) mass is 334 g/mol. The minimum Gasteiger partial charge on any atom is -0.374 e. The van der Waals surface area contributed by atoms with Gasteiger partial charge in [0.1, 0.15) is 0 Å². The van der Waals surface area contributed by atoms with Gasteiger partial charge in [-0.05, 0) is 46.9 Å². The highest BCUT2D eigenvalue weighted by molar-refractivity contribution is 5.79. The second-order valence-corrected chi connectivity index (χ2v) is 6.84. The van der Waals surface area contributed by atoms with Crippen molar-refractivity contribution >= 4 is 5.96 Å². The molecule has 0 saturated heterocycles. The average molecular weight is 335 g/mol. The van der Waals surface area contributed by atoms with Gasteiger partial charge >= 0.3 is 0 Å². The van der Waals surface area contributed by atoms with E-state index in [1.165, 1.54) is 5.56 Å². The second kappa shape index (κ2) is 10.3. The van der Waals surface area contributed by atoms with Crippen molar-refractivity contribution in [3.05, 3.63) is 35.9 Å². The van der Waals surface area contributed by atoms with Crippen LogP contribution in [0.3, 0.4) is 0 Å². The number of hydrogen-bond acceptors (Lipinski definition) is 3. The van der Waals surface area contributed by atoms with Gasteiger partial charge in [-0.3, -0.25) is 4.99 Å². The van der Waals surface area contributed by atoms with E-state index in [1.54, 1.807) is 7.05 Å². The third kappa shape index (κ3) is 7.32. The molecule has 0 saturated carbocycles. The molecule has 0 radical (unpaired) electrons. The van der Waals surface area contributed by atoms with Crippen LogP contribution in [0.2, 0.25) is 0 Å². The van der Waals surface area contributed by atoms with Crippen molar-refractivity contribution in [2.45, 2.75) is 38.8 Å². The predicted molar refractivity (Wildman–Crippen MR) is 103 cm³/mol. The Balaban J connectivity index is 2.21. The third-order valence-corrected chi connectivity index (χ3v) is 4.37. The molecule has 0 aliphatic carbocycles. The van der Waals surface area contributed by atoms with Crippen molar-refractivity contribution < 1.29 is 4.74 Å². The zero-order valence-electron chi connectivity index (χ0n) is 16.1. The summed E-state index contributed by atoms with van der Waals surface area (Å²) in [7, 11) is 5.97. The number of likely N-dealkylation sites (N-methyl/N-ethyl adjacent to an activating group) is 1. The minimum atomic E-state index is 0.0752. The van der Waals surface area contributed by atoms with Gasteiger partial charge in [0.2, 0.25) is 0 Å². The van der Waals surface area contributed by atoms with Crippen LogP contribution in [0.15, 0.2) is 35.3 Å². The molecule has 0 heterocycles. The molecule has 1 rings (SSSR count). The van der Waals surface area contributed by atoms with Crippen LogP contribution in [0.4, 0.5) is 0 Å². The second-order valence-electron chi connectivity index (χ2n) is 6.84. The summed E-state index contributed by atoms with van der Waals surface area (Å²) in [5.74, 6) is 0.834. The number of nitrogens with one attached hydrogen (secondary N) is 2. The lowest BCUT2D eigenvalue weighted by molar-refractivity contribution is 0.0646. The summed E-state index contributed by atoms with van der Waals surface area (Å²) in [4.78, 5) is 6.47. The Kier molecular flexibility index (Phi) is 8.79. The molecule has 0 bridgehead atoms. The smallest absolute Gasteiger partial charge is 0.191 e. The molecule has 1 aromatic carbocycles. The summed E-state index contributed by atoms with van der Waals surface area (Å²) in [5, 5.41) is 6.71. The Hall–Kier alpha value is -1.59. The van der Waals surface area contributed by atoms with Crippen LogP contribution in [0.25, 0.3) is 0 Å². The molecule has 1 unspecified atom stereocenters. The standard InChI is InChI=1S/C19H34N4O/c1-16(17-11-8-7-9-12-17)24-14-10-13-21-18(20-4)22-15-19(2,3)23(5)6/h7-9,11-12,16H,10,13-15H2,1-6H3,(H2,20,21,22). The molecular weight excluding hydrogens is 300 g/mol. The van der Waals surface area contributed by atoms with E-state index in [0.29, 0.717) is 0 Å². The van der Waals surface area contributed by atoms with E-state index in [-0.39, 0.29) is 11.6 Å². The molecule has 0 aromatic heterocycles. The Morgan fingerprint density at radius 2 is 1.88 bits per heavy atom. The van der Waals surface area contributed by atoms with Crippen LogP contribution in [0.5, 0.6) is 0 Å². The van der Waals surface area contributed by atoms with Gasteiger partial charge in [-0.25, -0.2) is 0 Å². The predicted octanol–water partition coefficient (Wildman–Crippen LogP) is 2.66. The van der Waals surface area contributed by atoms with E-state index in [2.05, 4.69) is 67.5 Å². The van der Waals surface area contributed by atoms with E-state index < -0.39 is 0 Å². The zero-order chi connectivity index (χ0) is 18.0. The lowest BCUT2D eigenvalue weighted by Gasteiger charge is -2.33. The van der Waals surface area contributed by atoms with Crippen LogP contribution in [0, 0.1) is 0 Å². The highest BCUT2D eigenvalue weighted by Gasteiger charge is 2.20. The number of ether oxygens (including phenoxy) is 1. The largest absolute Gasteiger partial charge is 0.374 e. The topological polar surface area (TPSA) is 48.9 Å². The summed E-state index contributed by atoms with van der Waals surface area (Å²) in [6, 6.07) is 10.3. The van der Waals surface area contributed by atoms with Gasteiger partial charge in [-0.1, -0.05) is 30.3 Å². The lowest BCUT2D eigenvalue weighted by Crippen LogP contribution is -2.51. The number of nitrogens with zero attached hydrogens (tertiary/aromatic N) is 2. The van der Waals surface area contributed by atoms with Crippen molar-refractivity contribution in [3.8, 4) is 0 Å². The molecule has 136 valence electrons. The molecule has 24 heavy (non-hydrogen) atoms. The molecule has 5 nitrogen and oxygen atoms in total. The van der Waals surface area contributed by atoms with Crippen LogP contribution in [-0.4, -0.2) is 57.2 Å². The van der Waals surface area contributed by atoms with Gasteiger partial charge in [0.25, 0.3) is 0 Å². The number of hydrogen-bond donors (Lipinski definition) is 2. The first-order valence-electron chi connectivity index (χ1n) is 8.65. The first kappa shape index (κ1) is 20.5. The fourth-order valence-corrected chi connectivity index (χ4v) is 2.04. The summed E-state index contributed by atoms with van der Waals surface area (Å²) in [5.41, 5.74) is 1.29. The molecule has 0 aliphatic rings. The summed E-state index contributed by atoms with van der Waals surface area (Å²) in [6.07, 6.45) is 1.07. The Morgan fingerprint density at radius 3 is 2.46 bits per heavy atom. The molecule has 0 spiro atoms. The van der Waals surface area contributed by atoms with Crippen molar-refractivity contribution in [2.24, 2.45) is 4.99 Å². The number of aliphatic imine (C=N–C) groups is 1. The van der Waals surface area contributed by atoms with E-state index in [1.807, 2.05) is 18.2 Å². The van der Waals surface area contributed by atoms with Gasteiger partial charge in [0.05, 0.1) is 6.10 Å². The number of guanidine groups is 1. The highest BCUT2D eigenvalue weighted by atomic mass is 16.5. The number of benzene rings is 1. The molecule has 1 atom stereocenters. The highest BCUT2D eigenvalue weighted by Crippen LogP contribution is 2.15. The van der Waals surface area contributed by atoms with Crippen LogP contribution >= 0.6 is 0 Å². The van der Waals surface area contributed by atoms with Gasteiger partial charge in [-0.15, -0.1) is 0 Å². The molecule has 0 amide bonds. The van der Waals surface area contributed by atoms with Crippen molar-refractivity contribution in [3.63, 3.8) is 0 Å². The summed E-state index contributed by atoms with van der Waals surface area (Å²) >= 11 is 0. The maximum Gasteiger partial charge on any atom is 0.191 e. The van der Waals surface area contributed by atoms with Gasteiger partial charge in [0, 0.05) is 32.3 Å². The van der Waals surface area contributed by atoms with Crippen LogP contribution in [0.1, 0.15) is 38.9 Å². The fraction of sp³-hybridized carbons (Fsp3) is 0.632. The maximum absolute atomic E-state index is 5.88. The zero-order valence-corrected chi connectivity index (χ0v) is 16.1. The average Bonchev–Trinajstić information content (AvgIpc) is 2.57.